The van der Waals surface area contributed by atoms with Crippen LogP contribution in [0.15, 0.2) is 53.3 Å². The van der Waals surface area contributed by atoms with E-state index in [1.807, 2.05) is 19.1 Å². The maximum absolute atomic E-state index is 15.1. The predicted octanol–water partition coefficient (Wildman–Crippen LogP) is 7.42. The lowest BCUT2D eigenvalue weighted by Crippen LogP contribution is -2.53. The summed E-state index contributed by atoms with van der Waals surface area (Å²) in [5, 5.41) is 10.3. The van der Waals surface area contributed by atoms with Gasteiger partial charge in [-0.2, -0.15) is 4.98 Å². The minimum Gasteiger partial charge on any atom is -0.494 e. The van der Waals surface area contributed by atoms with Crippen LogP contribution in [0.3, 0.4) is 0 Å². The number of piperidine rings is 2. The van der Waals surface area contributed by atoms with Crippen LogP contribution in [-0.4, -0.2) is 114 Å². The molecule has 0 unspecified atom stereocenters. The third kappa shape index (κ3) is 9.92. The Morgan fingerprint density at radius 1 is 0.922 bits per heavy atom. The molecule has 1 atom stereocenters. The Morgan fingerprint density at radius 2 is 1.66 bits per heavy atom. The summed E-state index contributed by atoms with van der Waals surface area (Å²) in [6.07, 6.45) is 6.85. The van der Waals surface area contributed by atoms with E-state index in [1.54, 1.807) is 32.8 Å². The summed E-state index contributed by atoms with van der Waals surface area (Å²) < 4.78 is 50.4. The lowest BCUT2D eigenvalue weighted by Gasteiger charge is -2.43. The number of piperazine rings is 1. The van der Waals surface area contributed by atoms with Gasteiger partial charge in [-0.15, -0.1) is 0 Å². The first-order valence-corrected chi connectivity index (χ1v) is 25.2. The molecule has 0 saturated carbocycles. The SMILES string of the molecule is CCc1ncc2c(P(C)(C)=O)c(Nc3nc(Nc4cc(C)c(N5CCC(N6CCN(CCc7cc(F)c([C@H]8CCC(=O)NC8=O)c(F)c7)CC6)CC5)cc4OC)ncc3Br)ccc2n1. The Hall–Kier alpha value is -5.09. The van der Waals surface area contributed by atoms with Crippen molar-refractivity contribution >= 4 is 79.9 Å². The van der Waals surface area contributed by atoms with Crippen molar-refractivity contribution in [1.82, 2.24) is 35.1 Å². The molecule has 0 aliphatic carbocycles. The second-order valence-electron chi connectivity index (χ2n) is 17.2. The number of aryl methyl sites for hydroxylation is 2. The highest BCUT2D eigenvalue weighted by atomic mass is 79.9. The number of amides is 2. The van der Waals surface area contributed by atoms with Gasteiger partial charge in [0.05, 0.1) is 34.4 Å². The topological polar surface area (TPSA) is 158 Å². The van der Waals surface area contributed by atoms with Crippen LogP contribution in [0.5, 0.6) is 5.75 Å². The van der Waals surface area contributed by atoms with Gasteiger partial charge in [-0.1, -0.05) is 6.92 Å². The van der Waals surface area contributed by atoms with Gasteiger partial charge in [0, 0.05) is 105 Å². The van der Waals surface area contributed by atoms with E-state index in [-0.39, 0.29) is 18.4 Å². The number of carbonyl (C=O) groups is 2. The van der Waals surface area contributed by atoms with Crippen LogP contribution in [0.25, 0.3) is 10.9 Å². The molecule has 14 nitrogen and oxygen atoms in total. The molecule has 2 aromatic heterocycles. The molecule has 8 rings (SSSR count). The fourth-order valence-electron chi connectivity index (χ4n) is 9.22. The number of carbonyl (C=O) groups excluding carboxylic acids is 2. The minimum atomic E-state index is -2.78. The van der Waals surface area contributed by atoms with Crippen molar-refractivity contribution in [3.63, 3.8) is 0 Å². The summed E-state index contributed by atoms with van der Waals surface area (Å²) in [7, 11) is -1.13. The van der Waals surface area contributed by atoms with E-state index in [4.69, 9.17) is 9.72 Å². The number of benzene rings is 3. The molecule has 2 amide bonds. The Labute approximate surface area is 380 Å². The predicted molar refractivity (Wildman–Crippen MR) is 250 cm³/mol. The van der Waals surface area contributed by atoms with Crippen LogP contribution in [-0.2, 0) is 27.0 Å². The summed E-state index contributed by atoms with van der Waals surface area (Å²) in [6, 6.07) is 11.1. The van der Waals surface area contributed by atoms with E-state index >= 15 is 8.78 Å². The number of nitrogens with one attached hydrogen (secondary N) is 3. The monoisotopic (exact) mass is 958 g/mol. The first-order chi connectivity index (χ1) is 30.7. The first kappa shape index (κ1) is 45.5. The Kier molecular flexibility index (Phi) is 13.6. The molecule has 5 heterocycles. The third-order valence-electron chi connectivity index (χ3n) is 12.6. The number of nitrogens with zero attached hydrogens (tertiary/aromatic N) is 7. The largest absolute Gasteiger partial charge is 0.494 e. The average molecular weight is 960 g/mol. The van der Waals surface area contributed by atoms with Gasteiger partial charge in [0.1, 0.15) is 36.2 Å². The van der Waals surface area contributed by atoms with Crippen molar-refractivity contribution in [2.75, 3.05) is 81.8 Å². The van der Waals surface area contributed by atoms with Crippen molar-refractivity contribution < 1.29 is 27.7 Å². The van der Waals surface area contributed by atoms with Crippen LogP contribution < -0.4 is 30.9 Å². The molecular weight excluding hydrogens is 905 g/mol. The normalized spacial score (nSPS) is 18.1. The number of imide groups is 1. The molecule has 0 bridgehead atoms. The zero-order valence-electron chi connectivity index (χ0n) is 36.8. The van der Waals surface area contributed by atoms with Crippen molar-refractivity contribution in [2.45, 2.75) is 64.3 Å². The van der Waals surface area contributed by atoms with Crippen LogP contribution in [0, 0.1) is 18.6 Å². The highest BCUT2D eigenvalue weighted by Gasteiger charge is 2.33. The maximum atomic E-state index is 15.1. The minimum absolute atomic E-state index is 0.0633. The molecule has 3 aliphatic heterocycles. The quantitative estimate of drug-likeness (QED) is 0.0792. The molecule has 0 radical (unpaired) electrons. The zero-order chi connectivity index (χ0) is 45.3. The molecule has 18 heteroatoms. The molecule has 3 aliphatic rings. The number of hydrogen-bond donors (Lipinski definition) is 3. The number of aromatic nitrogens is 4. The van der Waals surface area contributed by atoms with Crippen LogP contribution in [0.4, 0.5) is 37.6 Å². The van der Waals surface area contributed by atoms with E-state index in [1.165, 1.54) is 12.1 Å². The molecule has 0 spiro atoms. The van der Waals surface area contributed by atoms with Crippen molar-refractivity contribution in [2.24, 2.45) is 0 Å². The highest BCUT2D eigenvalue weighted by Crippen LogP contribution is 2.42. The van der Waals surface area contributed by atoms with Crippen LogP contribution in [0.1, 0.15) is 61.0 Å². The number of methoxy groups -OCH3 is 1. The standard InChI is InChI=1S/C46H54BrF2N10O4P/c1-6-40-50-25-31-35(52-40)8-9-36(43(31)64(4,5)62)53-44-32(47)26-51-46(56-44)54-37-21-27(2)38(24-39(37)63-3)59-15-12-29(13-16-59)58-19-17-57(18-20-58)14-11-28-22-33(48)42(34(49)23-28)30-7-10-41(60)55-45(30)61/h8-9,21-26,29-30H,6-7,10-20H2,1-5H3,(H,55,60,61)(H2,51,53,54,56)/t30-/m1/s1. The number of rotatable bonds is 13. The van der Waals surface area contributed by atoms with Crippen molar-refractivity contribution in [3.05, 3.63) is 87.4 Å². The third-order valence-corrected chi connectivity index (χ3v) is 14.7. The number of anilines is 5. The number of hydrogen-bond acceptors (Lipinski definition) is 13. The molecule has 5 aromatic rings. The van der Waals surface area contributed by atoms with Crippen molar-refractivity contribution in [1.29, 1.82) is 0 Å². The Morgan fingerprint density at radius 3 is 2.33 bits per heavy atom. The Balaban J connectivity index is 0.860. The van der Waals surface area contributed by atoms with E-state index < -0.39 is 36.5 Å². The summed E-state index contributed by atoms with van der Waals surface area (Å²) in [6.45, 7) is 13.7. The second-order valence-corrected chi connectivity index (χ2v) is 21.2. The van der Waals surface area contributed by atoms with Gasteiger partial charge in [0.15, 0.2) is 0 Å². The fraction of sp³-hybridized carbons (Fsp3) is 0.435. The number of halogens is 3. The van der Waals surface area contributed by atoms with Gasteiger partial charge < -0.3 is 29.7 Å². The molecule has 338 valence electrons. The lowest BCUT2D eigenvalue weighted by atomic mass is 9.89. The van der Waals surface area contributed by atoms with Crippen LogP contribution >= 0.6 is 23.1 Å². The number of fused-ring (bicyclic) bond motifs is 1. The fourth-order valence-corrected chi connectivity index (χ4v) is 11.0. The van der Waals surface area contributed by atoms with Gasteiger partial charge >= 0.3 is 0 Å². The highest BCUT2D eigenvalue weighted by molar-refractivity contribution is 9.10. The smallest absolute Gasteiger partial charge is 0.234 e. The van der Waals surface area contributed by atoms with E-state index in [9.17, 15) is 14.2 Å². The Bertz CT molecular complexity index is 2610. The van der Waals surface area contributed by atoms with Gasteiger partial charge in [-0.05, 0) is 103 Å². The summed E-state index contributed by atoms with van der Waals surface area (Å²) in [5.41, 5.74) is 4.64. The summed E-state index contributed by atoms with van der Waals surface area (Å²) >= 11 is 3.59. The molecule has 3 saturated heterocycles. The number of ether oxygens (including phenoxy) is 1. The molecule has 3 aromatic carbocycles. The molecular formula is C46H54BrF2N10O4P. The molecule has 3 N–H and O–H groups in total. The van der Waals surface area contributed by atoms with E-state index in [2.05, 4.69) is 80.6 Å². The van der Waals surface area contributed by atoms with Gasteiger partial charge in [0.2, 0.25) is 17.8 Å². The lowest BCUT2D eigenvalue weighted by molar-refractivity contribution is -0.134. The maximum Gasteiger partial charge on any atom is 0.234 e. The summed E-state index contributed by atoms with van der Waals surface area (Å²) in [4.78, 5) is 49.6. The zero-order valence-corrected chi connectivity index (χ0v) is 39.3. The molecule has 3 fully saturated rings. The van der Waals surface area contributed by atoms with Gasteiger partial charge in [0.25, 0.3) is 0 Å². The van der Waals surface area contributed by atoms with Gasteiger partial charge in [-0.3, -0.25) is 19.8 Å². The van der Waals surface area contributed by atoms with Crippen LogP contribution in [0.2, 0.25) is 0 Å². The van der Waals surface area contributed by atoms with Gasteiger partial charge in [-0.25, -0.2) is 23.7 Å². The summed E-state index contributed by atoms with van der Waals surface area (Å²) in [5.74, 6) is -1.28. The average Bonchev–Trinajstić information content (AvgIpc) is 3.27. The first-order valence-electron chi connectivity index (χ1n) is 21.8. The van der Waals surface area contributed by atoms with E-state index in [0.717, 1.165) is 85.8 Å². The molecule has 64 heavy (non-hydrogen) atoms. The van der Waals surface area contributed by atoms with Crippen molar-refractivity contribution in [3.8, 4) is 5.75 Å². The second kappa shape index (κ2) is 19.2. The van der Waals surface area contributed by atoms with E-state index in [0.29, 0.717) is 64.0 Å².